The number of carbonyl (C=O) groups excluding carboxylic acids is 1. The van der Waals surface area contributed by atoms with E-state index in [1.54, 1.807) is 13.2 Å². The molecule has 0 radical (unpaired) electrons. The molecule has 2 rings (SSSR count). The number of hydrogen-bond donors (Lipinski definition) is 1. The number of nitrogens with one attached hydrogen (secondary N) is 1. The van der Waals surface area contributed by atoms with Crippen molar-refractivity contribution in [3.05, 3.63) is 29.8 Å². The van der Waals surface area contributed by atoms with E-state index in [2.05, 4.69) is 5.32 Å². The van der Waals surface area contributed by atoms with Crippen LogP contribution in [0.3, 0.4) is 0 Å². The standard InChI is InChI=1S/C13H17NO2/c1-16-11-6-4-5-10(9-11)13(15)12-7-2-3-8-14-12/h4-6,9,12,14H,2-3,7-8H2,1H3. The summed E-state index contributed by atoms with van der Waals surface area (Å²) < 4.78 is 5.12. The monoisotopic (exact) mass is 219 g/mol. The van der Waals surface area contributed by atoms with E-state index in [-0.39, 0.29) is 11.8 Å². The number of ether oxygens (including phenoxy) is 1. The fourth-order valence-electron chi connectivity index (χ4n) is 2.05. The highest BCUT2D eigenvalue weighted by Crippen LogP contribution is 2.17. The Hall–Kier alpha value is -1.35. The summed E-state index contributed by atoms with van der Waals surface area (Å²) in [6, 6.07) is 7.35. The molecule has 1 N–H and O–H groups in total. The normalized spacial score (nSPS) is 20.4. The molecule has 3 nitrogen and oxygen atoms in total. The van der Waals surface area contributed by atoms with Gasteiger partial charge in [-0.25, -0.2) is 0 Å². The fraction of sp³-hybridized carbons (Fsp3) is 0.462. The summed E-state index contributed by atoms with van der Waals surface area (Å²) in [5.74, 6) is 0.917. The van der Waals surface area contributed by atoms with E-state index < -0.39 is 0 Å². The van der Waals surface area contributed by atoms with Gasteiger partial charge in [-0.1, -0.05) is 18.6 Å². The van der Waals surface area contributed by atoms with E-state index in [0.29, 0.717) is 0 Å². The van der Waals surface area contributed by atoms with Crippen molar-refractivity contribution in [2.75, 3.05) is 13.7 Å². The van der Waals surface area contributed by atoms with Gasteiger partial charge in [0.25, 0.3) is 0 Å². The number of hydrogen-bond acceptors (Lipinski definition) is 3. The van der Waals surface area contributed by atoms with Crippen LogP contribution in [-0.2, 0) is 0 Å². The van der Waals surface area contributed by atoms with Crippen molar-refractivity contribution < 1.29 is 9.53 Å². The fourth-order valence-corrected chi connectivity index (χ4v) is 2.05. The lowest BCUT2D eigenvalue weighted by molar-refractivity contribution is 0.0927. The average Bonchev–Trinajstić information content (AvgIpc) is 2.39. The Morgan fingerprint density at radius 2 is 2.31 bits per heavy atom. The predicted octanol–water partition coefficient (Wildman–Crippen LogP) is 2.02. The lowest BCUT2D eigenvalue weighted by atomic mass is 9.96. The Balaban J connectivity index is 2.12. The van der Waals surface area contributed by atoms with Crippen molar-refractivity contribution in [3.63, 3.8) is 0 Å². The van der Waals surface area contributed by atoms with Gasteiger partial charge in [0.05, 0.1) is 13.2 Å². The SMILES string of the molecule is COc1cccc(C(=O)C2CCCCN2)c1. The van der Waals surface area contributed by atoms with Crippen molar-refractivity contribution in [3.8, 4) is 5.75 Å². The minimum atomic E-state index is -0.0131. The summed E-state index contributed by atoms with van der Waals surface area (Å²) in [7, 11) is 1.61. The first kappa shape index (κ1) is 11.1. The van der Waals surface area contributed by atoms with Gasteiger partial charge in [0.15, 0.2) is 5.78 Å². The van der Waals surface area contributed by atoms with E-state index in [1.807, 2.05) is 18.2 Å². The molecular weight excluding hydrogens is 202 g/mol. The molecule has 86 valence electrons. The van der Waals surface area contributed by atoms with Crippen LogP contribution in [0.2, 0.25) is 0 Å². The zero-order chi connectivity index (χ0) is 11.4. The Kier molecular flexibility index (Phi) is 3.57. The number of ketones is 1. The summed E-state index contributed by atoms with van der Waals surface area (Å²) in [6.45, 7) is 0.945. The summed E-state index contributed by atoms with van der Waals surface area (Å²) >= 11 is 0. The molecule has 0 amide bonds. The maximum atomic E-state index is 12.1. The van der Waals surface area contributed by atoms with Gasteiger partial charge in [-0.15, -0.1) is 0 Å². The first-order chi connectivity index (χ1) is 7.81. The summed E-state index contributed by atoms with van der Waals surface area (Å²) in [5, 5.41) is 3.26. The first-order valence-electron chi connectivity index (χ1n) is 5.73. The lowest BCUT2D eigenvalue weighted by Gasteiger charge is -2.22. The van der Waals surface area contributed by atoms with Gasteiger partial charge in [-0.3, -0.25) is 4.79 Å². The Morgan fingerprint density at radius 1 is 1.44 bits per heavy atom. The lowest BCUT2D eigenvalue weighted by Crippen LogP contribution is -2.40. The third-order valence-electron chi connectivity index (χ3n) is 2.98. The molecule has 0 aromatic heterocycles. The maximum Gasteiger partial charge on any atom is 0.179 e. The molecular formula is C13H17NO2. The second kappa shape index (κ2) is 5.12. The summed E-state index contributed by atoms with van der Waals surface area (Å²) in [4.78, 5) is 12.1. The van der Waals surface area contributed by atoms with Crippen LogP contribution in [-0.4, -0.2) is 25.5 Å². The molecule has 0 saturated carbocycles. The molecule has 1 aliphatic rings. The highest BCUT2D eigenvalue weighted by Gasteiger charge is 2.21. The Labute approximate surface area is 95.8 Å². The van der Waals surface area contributed by atoms with Crippen molar-refractivity contribution in [1.29, 1.82) is 0 Å². The molecule has 1 atom stereocenters. The van der Waals surface area contributed by atoms with Gasteiger partial charge < -0.3 is 10.1 Å². The van der Waals surface area contributed by atoms with Crippen LogP contribution >= 0.6 is 0 Å². The highest BCUT2D eigenvalue weighted by molar-refractivity contribution is 6.00. The summed E-state index contributed by atoms with van der Waals surface area (Å²) in [6.07, 6.45) is 3.24. The zero-order valence-corrected chi connectivity index (χ0v) is 9.53. The molecule has 1 fully saturated rings. The smallest absolute Gasteiger partial charge is 0.179 e. The molecule has 1 aromatic carbocycles. The molecule has 1 unspecified atom stereocenters. The minimum absolute atomic E-state index is 0.0131. The van der Waals surface area contributed by atoms with Crippen molar-refractivity contribution in [2.24, 2.45) is 0 Å². The second-order valence-corrected chi connectivity index (χ2v) is 4.10. The van der Waals surface area contributed by atoms with Gasteiger partial charge in [0.1, 0.15) is 5.75 Å². The van der Waals surface area contributed by atoms with Gasteiger partial charge in [-0.2, -0.15) is 0 Å². The number of benzene rings is 1. The Morgan fingerprint density at radius 3 is 3.00 bits per heavy atom. The van der Waals surface area contributed by atoms with Crippen LogP contribution in [0.25, 0.3) is 0 Å². The third kappa shape index (κ3) is 2.42. The van der Waals surface area contributed by atoms with E-state index in [9.17, 15) is 4.79 Å². The molecule has 0 spiro atoms. The average molecular weight is 219 g/mol. The number of piperidine rings is 1. The molecule has 1 aromatic rings. The molecule has 1 saturated heterocycles. The van der Waals surface area contributed by atoms with E-state index in [1.165, 1.54) is 6.42 Å². The molecule has 0 bridgehead atoms. The maximum absolute atomic E-state index is 12.1. The summed E-state index contributed by atoms with van der Waals surface area (Å²) in [5.41, 5.74) is 0.735. The van der Waals surface area contributed by atoms with Crippen molar-refractivity contribution in [2.45, 2.75) is 25.3 Å². The number of rotatable bonds is 3. The van der Waals surface area contributed by atoms with Gasteiger partial charge in [-0.05, 0) is 31.5 Å². The van der Waals surface area contributed by atoms with E-state index in [4.69, 9.17) is 4.74 Å². The van der Waals surface area contributed by atoms with Crippen LogP contribution in [0.4, 0.5) is 0 Å². The molecule has 16 heavy (non-hydrogen) atoms. The van der Waals surface area contributed by atoms with Gasteiger partial charge in [0, 0.05) is 5.56 Å². The molecule has 0 aliphatic carbocycles. The molecule has 1 aliphatic heterocycles. The van der Waals surface area contributed by atoms with Gasteiger partial charge in [0.2, 0.25) is 0 Å². The van der Waals surface area contributed by atoms with Crippen LogP contribution in [0, 0.1) is 0 Å². The third-order valence-corrected chi connectivity index (χ3v) is 2.98. The molecule has 3 heteroatoms. The Bertz CT molecular complexity index is 370. The van der Waals surface area contributed by atoms with Crippen LogP contribution in [0.15, 0.2) is 24.3 Å². The van der Waals surface area contributed by atoms with E-state index >= 15 is 0 Å². The zero-order valence-electron chi connectivity index (χ0n) is 9.53. The van der Waals surface area contributed by atoms with Crippen LogP contribution in [0.5, 0.6) is 5.75 Å². The first-order valence-corrected chi connectivity index (χ1v) is 5.73. The van der Waals surface area contributed by atoms with Crippen molar-refractivity contribution >= 4 is 5.78 Å². The number of carbonyl (C=O) groups is 1. The number of Topliss-reactive ketones (excluding diaryl/α,β-unsaturated/α-hetero) is 1. The molecule has 1 heterocycles. The quantitative estimate of drug-likeness (QED) is 0.790. The van der Waals surface area contributed by atoms with Gasteiger partial charge >= 0.3 is 0 Å². The highest BCUT2D eigenvalue weighted by atomic mass is 16.5. The second-order valence-electron chi connectivity index (χ2n) is 4.10. The topological polar surface area (TPSA) is 38.3 Å². The van der Waals surface area contributed by atoms with E-state index in [0.717, 1.165) is 30.7 Å². The van der Waals surface area contributed by atoms with Crippen LogP contribution < -0.4 is 10.1 Å². The van der Waals surface area contributed by atoms with Crippen molar-refractivity contribution in [1.82, 2.24) is 5.32 Å². The number of methoxy groups -OCH3 is 1. The van der Waals surface area contributed by atoms with Crippen LogP contribution in [0.1, 0.15) is 29.6 Å². The largest absolute Gasteiger partial charge is 0.497 e. The minimum Gasteiger partial charge on any atom is -0.497 e. The predicted molar refractivity (Wildman–Crippen MR) is 63.0 cm³/mol.